The van der Waals surface area contributed by atoms with Crippen LogP contribution in [0.1, 0.15) is 6.42 Å². The van der Waals surface area contributed by atoms with Gasteiger partial charge in [0.2, 0.25) is 5.03 Å². The van der Waals surface area contributed by atoms with Gasteiger partial charge in [-0.05, 0) is 12.1 Å². The maximum absolute atomic E-state index is 13.1. The highest BCUT2D eigenvalue weighted by Crippen LogP contribution is 2.09. The molecule has 1 N–H and O–H groups in total. The summed E-state index contributed by atoms with van der Waals surface area (Å²) in [5, 5.41) is -0.609. The van der Waals surface area contributed by atoms with E-state index in [0.29, 0.717) is 0 Å². The summed E-state index contributed by atoms with van der Waals surface area (Å²) < 4.78 is 38.1. The van der Waals surface area contributed by atoms with Crippen molar-refractivity contribution in [1.29, 1.82) is 0 Å². The third-order valence-corrected chi connectivity index (χ3v) is 2.93. The first kappa shape index (κ1) is 11.6. The van der Waals surface area contributed by atoms with Crippen molar-refractivity contribution in [3.05, 3.63) is 24.1 Å². The van der Waals surface area contributed by atoms with Crippen molar-refractivity contribution in [1.82, 2.24) is 9.71 Å². The summed E-state index contributed by atoms with van der Waals surface area (Å²) in [6.45, 7) is 0.0643. The predicted octanol–water partition coefficient (Wildman–Crippen LogP) is 0.522. The average Bonchev–Trinajstić information content (AvgIpc) is 2.18. The molecule has 0 aliphatic rings. The molecule has 0 aliphatic heterocycles. The molecule has 1 heterocycles. The van der Waals surface area contributed by atoms with Crippen LogP contribution < -0.4 is 4.72 Å². The van der Waals surface area contributed by atoms with Crippen LogP contribution in [0.15, 0.2) is 23.4 Å². The first-order valence-corrected chi connectivity index (χ1v) is 5.60. The Labute approximate surface area is 87.6 Å². The number of terminal acetylenes is 1. The van der Waals surface area contributed by atoms with E-state index in [2.05, 4.69) is 15.6 Å². The monoisotopic (exact) mass is 228 g/mol. The van der Waals surface area contributed by atoms with E-state index in [9.17, 15) is 12.8 Å². The number of halogens is 1. The Bertz CT molecular complexity index is 479. The van der Waals surface area contributed by atoms with E-state index in [0.717, 1.165) is 6.07 Å². The van der Waals surface area contributed by atoms with Gasteiger partial charge in [0.25, 0.3) is 10.0 Å². The van der Waals surface area contributed by atoms with Crippen molar-refractivity contribution in [2.45, 2.75) is 11.4 Å². The fourth-order valence-corrected chi connectivity index (χ4v) is 1.93. The zero-order valence-corrected chi connectivity index (χ0v) is 8.59. The number of rotatable bonds is 4. The van der Waals surface area contributed by atoms with E-state index in [1.807, 2.05) is 0 Å². The van der Waals surface area contributed by atoms with Gasteiger partial charge in [0.1, 0.15) is 0 Å². The third kappa shape index (κ3) is 3.01. The fourth-order valence-electron chi connectivity index (χ4n) is 0.895. The van der Waals surface area contributed by atoms with Crippen molar-refractivity contribution < 1.29 is 12.8 Å². The summed E-state index contributed by atoms with van der Waals surface area (Å²) in [5.74, 6) is 1.38. The highest BCUT2D eigenvalue weighted by atomic mass is 32.2. The number of sulfonamides is 1. The van der Waals surface area contributed by atoms with E-state index >= 15 is 0 Å². The molecule has 4 nitrogen and oxygen atoms in total. The molecule has 0 atom stereocenters. The van der Waals surface area contributed by atoms with Crippen molar-refractivity contribution in [2.75, 3.05) is 6.54 Å². The normalized spacial score (nSPS) is 10.9. The largest absolute Gasteiger partial charge is 0.261 e. The molecule has 15 heavy (non-hydrogen) atoms. The number of aromatic nitrogens is 1. The standard InChI is InChI=1S/C9H9FN2O2S/c1-2-3-7-12-15(13,14)9-8(10)5-4-6-11-9/h1,4-6,12H,3,7H2. The van der Waals surface area contributed by atoms with Gasteiger partial charge < -0.3 is 0 Å². The van der Waals surface area contributed by atoms with Crippen LogP contribution in [0.5, 0.6) is 0 Å². The summed E-state index contributed by atoms with van der Waals surface area (Å²) in [6, 6.07) is 2.35. The lowest BCUT2D eigenvalue weighted by molar-refractivity contribution is 0.545. The van der Waals surface area contributed by atoms with Gasteiger partial charge in [0, 0.05) is 19.2 Å². The molecule has 0 saturated heterocycles. The minimum atomic E-state index is -3.89. The van der Waals surface area contributed by atoms with Crippen LogP contribution in [0.3, 0.4) is 0 Å². The summed E-state index contributed by atoms with van der Waals surface area (Å²) >= 11 is 0. The van der Waals surface area contributed by atoms with Crippen molar-refractivity contribution in [3.63, 3.8) is 0 Å². The molecule has 1 aromatic rings. The zero-order valence-electron chi connectivity index (χ0n) is 7.77. The number of pyridine rings is 1. The second kappa shape index (κ2) is 4.87. The lowest BCUT2D eigenvalue weighted by Crippen LogP contribution is -2.26. The Hall–Kier alpha value is -1.45. The average molecular weight is 228 g/mol. The molecule has 0 aliphatic carbocycles. The van der Waals surface area contributed by atoms with Crippen molar-refractivity contribution in [2.24, 2.45) is 0 Å². The van der Waals surface area contributed by atoms with Crippen LogP contribution in [-0.2, 0) is 10.0 Å². The Morgan fingerprint density at radius 3 is 2.93 bits per heavy atom. The molecule has 1 aromatic heterocycles. The maximum atomic E-state index is 13.1. The first-order valence-electron chi connectivity index (χ1n) is 4.11. The van der Waals surface area contributed by atoms with Crippen molar-refractivity contribution >= 4 is 10.0 Å². The summed E-state index contributed by atoms with van der Waals surface area (Å²) in [6.07, 6.45) is 6.40. The molecule has 0 amide bonds. The van der Waals surface area contributed by atoms with Gasteiger partial charge in [0.05, 0.1) is 0 Å². The Morgan fingerprint density at radius 2 is 2.33 bits per heavy atom. The fraction of sp³-hybridized carbons (Fsp3) is 0.222. The van der Waals surface area contributed by atoms with Crippen molar-refractivity contribution in [3.8, 4) is 12.3 Å². The molecule has 0 saturated carbocycles. The van der Waals surface area contributed by atoms with E-state index < -0.39 is 20.9 Å². The van der Waals surface area contributed by atoms with Gasteiger partial charge >= 0.3 is 0 Å². The van der Waals surface area contributed by atoms with E-state index in [1.165, 1.54) is 12.3 Å². The molecule has 0 unspecified atom stereocenters. The minimum Gasteiger partial charge on any atom is -0.241 e. The lowest BCUT2D eigenvalue weighted by Gasteiger charge is -2.04. The molecule has 0 bridgehead atoms. The van der Waals surface area contributed by atoms with E-state index in [-0.39, 0.29) is 13.0 Å². The van der Waals surface area contributed by atoms with Gasteiger partial charge in [-0.3, -0.25) is 0 Å². The second-order valence-electron chi connectivity index (χ2n) is 2.64. The number of nitrogens with zero attached hydrogens (tertiary/aromatic N) is 1. The van der Waals surface area contributed by atoms with Crippen LogP contribution in [-0.4, -0.2) is 19.9 Å². The van der Waals surface area contributed by atoms with Gasteiger partial charge in [-0.2, -0.15) is 0 Å². The molecule has 0 fully saturated rings. The van der Waals surface area contributed by atoms with Crippen LogP contribution in [0.25, 0.3) is 0 Å². The van der Waals surface area contributed by atoms with Crippen LogP contribution >= 0.6 is 0 Å². The van der Waals surface area contributed by atoms with Gasteiger partial charge in [-0.25, -0.2) is 22.5 Å². The number of nitrogens with one attached hydrogen (secondary N) is 1. The number of hydrogen-bond donors (Lipinski definition) is 1. The lowest BCUT2D eigenvalue weighted by atomic mass is 10.5. The molecule has 0 aromatic carbocycles. The van der Waals surface area contributed by atoms with Gasteiger partial charge in [-0.15, -0.1) is 12.3 Å². The Balaban J connectivity index is 2.88. The van der Waals surface area contributed by atoms with Crippen LogP contribution in [0.2, 0.25) is 0 Å². The SMILES string of the molecule is C#CCCNS(=O)(=O)c1ncccc1F. The number of hydrogen-bond acceptors (Lipinski definition) is 3. The van der Waals surface area contributed by atoms with Gasteiger partial charge in [-0.1, -0.05) is 0 Å². The van der Waals surface area contributed by atoms with E-state index in [1.54, 1.807) is 0 Å². The molecule has 80 valence electrons. The predicted molar refractivity (Wildman–Crippen MR) is 52.8 cm³/mol. The summed E-state index contributed by atoms with van der Waals surface area (Å²) in [5.41, 5.74) is 0. The van der Waals surface area contributed by atoms with Crippen LogP contribution in [0.4, 0.5) is 4.39 Å². The quantitative estimate of drug-likeness (QED) is 0.604. The van der Waals surface area contributed by atoms with E-state index in [4.69, 9.17) is 6.42 Å². The molecular weight excluding hydrogens is 219 g/mol. The Kier molecular flexibility index (Phi) is 3.77. The molecular formula is C9H9FN2O2S. The summed E-state index contributed by atoms with van der Waals surface area (Å²) in [7, 11) is -3.89. The maximum Gasteiger partial charge on any atom is 0.261 e. The highest BCUT2D eigenvalue weighted by molar-refractivity contribution is 7.89. The molecule has 0 radical (unpaired) electrons. The highest BCUT2D eigenvalue weighted by Gasteiger charge is 2.19. The summed E-state index contributed by atoms with van der Waals surface area (Å²) in [4.78, 5) is 3.45. The van der Waals surface area contributed by atoms with Crippen LogP contribution in [0, 0.1) is 18.2 Å². The molecule has 0 spiro atoms. The topological polar surface area (TPSA) is 59.1 Å². The second-order valence-corrected chi connectivity index (χ2v) is 4.32. The first-order chi connectivity index (χ1) is 7.08. The smallest absolute Gasteiger partial charge is 0.241 e. The zero-order chi connectivity index (χ0) is 11.3. The van der Waals surface area contributed by atoms with Gasteiger partial charge in [0.15, 0.2) is 5.82 Å². The third-order valence-electron chi connectivity index (χ3n) is 1.54. The Morgan fingerprint density at radius 1 is 1.60 bits per heavy atom. The molecule has 1 rings (SSSR count). The minimum absolute atomic E-state index is 0.0643. The molecule has 6 heteroatoms.